The zero-order valence-corrected chi connectivity index (χ0v) is 14.4. The molecular weight excluding hydrogens is 343 g/mol. The molecule has 1 saturated carbocycles. The van der Waals surface area contributed by atoms with Crippen LogP contribution in [-0.4, -0.2) is 17.2 Å². The standard InChI is InChI=1S/C20H20F3NO2/c1-26-19-17(20(21,22)23)10-11-18(24-19)16(12-13-4-2-3-5-13)14-6-8-15(25)9-7-14/h6-13,25H,2-5H2,1H3/b16-12+. The van der Waals surface area contributed by atoms with Crippen molar-refractivity contribution in [1.29, 1.82) is 0 Å². The van der Waals surface area contributed by atoms with E-state index in [1.807, 2.05) is 0 Å². The number of hydrogen-bond donors (Lipinski definition) is 1. The highest BCUT2D eigenvalue weighted by molar-refractivity contribution is 5.78. The average Bonchev–Trinajstić information content (AvgIpc) is 3.12. The highest BCUT2D eigenvalue weighted by Gasteiger charge is 2.35. The Morgan fingerprint density at radius 2 is 1.77 bits per heavy atom. The van der Waals surface area contributed by atoms with Gasteiger partial charge in [0.15, 0.2) is 0 Å². The number of ether oxygens (including phenoxy) is 1. The summed E-state index contributed by atoms with van der Waals surface area (Å²) in [7, 11) is 1.18. The molecule has 138 valence electrons. The third kappa shape index (κ3) is 4.00. The van der Waals surface area contributed by atoms with Crippen LogP contribution >= 0.6 is 0 Å². The van der Waals surface area contributed by atoms with E-state index in [4.69, 9.17) is 4.74 Å². The van der Waals surface area contributed by atoms with Crippen molar-refractivity contribution in [3.05, 3.63) is 59.3 Å². The van der Waals surface area contributed by atoms with E-state index in [0.29, 0.717) is 11.6 Å². The van der Waals surface area contributed by atoms with Gasteiger partial charge in [0, 0.05) is 5.57 Å². The molecule has 0 saturated heterocycles. The van der Waals surface area contributed by atoms with Crippen LogP contribution in [0.4, 0.5) is 13.2 Å². The van der Waals surface area contributed by atoms with E-state index in [-0.39, 0.29) is 5.75 Å². The fourth-order valence-corrected chi connectivity index (χ4v) is 3.29. The average molecular weight is 363 g/mol. The minimum atomic E-state index is -4.52. The highest BCUT2D eigenvalue weighted by Crippen LogP contribution is 2.37. The Labute approximate surface area is 150 Å². The van der Waals surface area contributed by atoms with Gasteiger partial charge in [0.2, 0.25) is 5.88 Å². The number of allylic oxidation sites excluding steroid dienone is 1. The van der Waals surface area contributed by atoms with Gasteiger partial charge in [-0.15, -0.1) is 0 Å². The predicted molar refractivity (Wildman–Crippen MR) is 92.9 cm³/mol. The molecule has 1 heterocycles. The quantitative estimate of drug-likeness (QED) is 0.787. The zero-order chi connectivity index (χ0) is 18.7. The summed E-state index contributed by atoms with van der Waals surface area (Å²) < 4.78 is 44.2. The Balaban J connectivity index is 2.08. The number of phenolic OH excluding ortho intramolecular Hbond substituents is 1. The highest BCUT2D eigenvalue weighted by atomic mass is 19.4. The van der Waals surface area contributed by atoms with E-state index < -0.39 is 17.6 Å². The number of aromatic hydroxyl groups is 1. The third-order valence-electron chi connectivity index (χ3n) is 4.62. The van der Waals surface area contributed by atoms with Gasteiger partial charge in [0.1, 0.15) is 11.3 Å². The first kappa shape index (κ1) is 18.3. The van der Waals surface area contributed by atoms with Crippen LogP contribution in [0, 0.1) is 5.92 Å². The number of methoxy groups -OCH3 is 1. The lowest BCUT2D eigenvalue weighted by Crippen LogP contribution is -2.10. The smallest absolute Gasteiger partial charge is 0.421 e. The van der Waals surface area contributed by atoms with Crippen LogP contribution in [-0.2, 0) is 6.18 Å². The summed E-state index contributed by atoms with van der Waals surface area (Å²) in [4.78, 5) is 4.13. The molecule has 26 heavy (non-hydrogen) atoms. The van der Waals surface area contributed by atoms with Gasteiger partial charge in [0.05, 0.1) is 12.8 Å². The molecule has 3 rings (SSSR count). The van der Waals surface area contributed by atoms with Crippen molar-refractivity contribution in [3.8, 4) is 11.6 Å². The molecule has 0 aliphatic heterocycles. The molecule has 1 aliphatic rings. The number of hydrogen-bond acceptors (Lipinski definition) is 3. The van der Waals surface area contributed by atoms with Gasteiger partial charge in [-0.2, -0.15) is 13.2 Å². The van der Waals surface area contributed by atoms with Crippen LogP contribution < -0.4 is 4.74 Å². The fourth-order valence-electron chi connectivity index (χ4n) is 3.29. The molecule has 0 spiro atoms. The largest absolute Gasteiger partial charge is 0.508 e. The van der Waals surface area contributed by atoms with Gasteiger partial charge in [-0.25, -0.2) is 4.98 Å². The van der Waals surface area contributed by atoms with Crippen LogP contribution in [0.1, 0.15) is 42.5 Å². The Hall–Kier alpha value is -2.50. The summed E-state index contributed by atoms with van der Waals surface area (Å²) in [6.07, 6.45) is 1.96. The first-order valence-corrected chi connectivity index (χ1v) is 8.52. The monoisotopic (exact) mass is 363 g/mol. The van der Waals surface area contributed by atoms with E-state index >= 15 is 0 Å². The molecule has 2 aromatic rings. The number of benzene rings is 1. The number of halogens is 3. The molecule has 0 amide bonds. The second kappa shape index (κ2) is 7.40. The van der Waals surface area contributed by atoms with Crippen LogP contribution in [0.15, 0.2) is 42.5 Å². The van der Waals surface area contributed by atoms with E-state index in [1.54, 1.807) is 24.3 Å². The maximum atomic E-state index is 13.1. The van der Waals surface area contributed by atoms with Gasteiger partial charge in [-0.1, -0.05) is 31.1 Å². The number of alkyl halides is 3. The van der Waals surface area contributed by atoms with E-state index in [2.05, 4.69) is 11.1 Å². The van der Waals surface area contributed by atoms with E-state index in [0.717, 1.165) is 42.9 Å². The molecule has 3 nitrogen and oxygen atoms in total. The van der Waals surface area contributed by atoms with E-state index in [1.165, 1.54) is 13.2 Å². The Morgan fingerprint density at radius 1 is 1.12 bits per heavy atom. The Morgan fingerprint density at radius 3 is 2.35 bits per heavy atom. The van der Waals surface area contributed by atoms with Crippen LogP contribution in [0.25, 0.3) is 5.57 Å². The second-order valence-electron chi connectivity index (χ2n) is 6.42. The number of nitrogens with zero attached hydrogens (tertiary/aromatic N) is 1. The summed E-state index contributed by atoms with van der Waals surface area (Å²) in [6.45, 7) is 0. The lowest BCUT2D eigenvalue weighted by molar-refractivity contribution is -0.139. The molecule has 1 aliphatic carbocycles. The molecule has 0 radical (unpaired) electrons. The fraction of sp³-hybridized carbons (Fsp3) is 0.350. The maximum Gasteiger partial charge on any atom is 0.421 e. The van der Waals surface area contributed by atoms with Gasteiger partial charge < -0.3 is 9.84 Å². The lowest BCUT2D eigenvalue weighted by Gasteiger charge is -2.15. The summed E-state index contributed by atoms with van der Waals surface area (Å²) >= 11 is 0. The van der Waals surface area contributed by atoms with Gasteiger partial charge in [-0.3, -0.25) is 0 Å². The van der Waals surface area contributed by atoms with Gasteiger partial charge >= 0.3 is 6.18 Å². The summed E-state index contributed by atoms with van der Waals surface area (Å²) in [5.41, 5.74) is 1.08. The van der Waals surface area contributed by atoms with Gasteiger partial charge in [-0.05, 0) is 48.6 Å². The number of aromatic nitrogens is 1. The number of pyridine rings is 1. The topological polar surface area (TPSA) is 42.4 Å². The minimum Gasteiger partial charge on any atom is -0.508 e. The first-order chi connectivity index (χ1) is 12.4. The Kier molecular flexibility index (Phi) is 5.20. The predicted octanol–water partition coefficient (Wildman–Crippen LogP) is 5.44. The molecule has 0 atom stereocenters. The normalized spacial score (nSPS) is 16.1. The first-order valence-electron chi connectivity index (χ1n) is 8.52. The molecule has 1 aromatic heterocycles. The summed E-state index contributed by atoms with van der Waals surface area (Å²) in [5.74, 6) is 0.0620. The van der Waals surface area contributed by atoms with Crippen LogP contribution in [0.2, 0.25) is 0 Å². The van der Waals surface area contributed by atoms with Gasteiger partial charge in [0.25, 0.3) is 0 Å². The summed E-state index contributed by atoms with van der Waals surface area (Å²) in [5, 5.41) is 9.52. The second-order valence-corrected chi connectivity index (χ2v) is 6.42. The number of phenols is 1. The third-order valence-corrected chi connectivity index (χ3v) is 4.62. The molecular formula is C20H20F3NO2. The zero-order valence-electron chi connectivity index (χ0n) is 14.4. The SMILES string of the molecule is COc1nc(/C(=C/C2CCCC2)c2ccc(O)cc2)ccc1C(F)(F)F. The van der Waals surface area contributed by atoms with Crippen LogP contribution in [0.3, 0.4) is 0 Å². The van der Waals surface area contributed by atoms with Crippen molar-refractivity contribution >= 4 is 5.57 Å². The molecule has 1 N–H and O–H groups in total. The van der Waals surface area contributed by atoms with Crippen molar-refractivity contribution in [1.82, 2.24) is 4.98 Å². The van der Waals surface area contributed by atoms with Crippen molar-refractivity contribution < 1.29 is 23.0 Å². The molecule has 1 fully saturated rings. The van der Waals surface area contributed by atoms with Crippen molar-refractivity contribution in [2.75, 3.05) is 7.11 Å². The lowest BCUT2D eigenvalue weighted by atomic mass is 9.95. The van der Waals surface area contributed by atoms with E-state index in [9.17, 15) is 18.3 Å². The molecule has 0 unspecified atom stereocenters. The summed E-state index contributed by atoms with van der Waals surface area (Å²) in [6, 6.07) is 8.96. The maximum absolute atomic E-state index is 13.1. The Bertz CT molecular complexity index is 792. The number of rotatable bonds is 4. The van der Waals surface area contributed by atoms with Crippen molar-refractivity contribution in [2.45, 2.75) is 31.9 Å². The van der Waals surface area contributed by atoms with Crippen molar-refractivity contribution in [2.24, 2.45) is 5.92 Å². The molecule has 0 bridgehead atoms. The molecule has 6 heteroatoms. The van der Waals surface area contributed by atoms with Crippen molar-refractivity contribution in [3.63, 3.8) is 0 Å². The van der Waals surface area contributed by atoms with Crippen LogP contribution in [0.5, 0.6) is 11.6 Å². The minimum absolute atomic E-state index is 0.131. The molecule has 1 aromatic carbocycles.